The highest BCUT2D eigenvalue weighted by Crippen LogP contribution is 2.48. The molecule has 0 radical (unpaired) electrons. The molecule has 2 aliphatic rings. The number of carbonyl (C=O) groups is 9. The monoisotopic (exact) mass is 1080 g/mol. The van der Waals surface area contributed by atoms with Crippen LogP contribution in [0.5, 0.6) is 0 Å². The fourth-order valence-corrected chi connectivity index (χ4v) is 10.0. The molecule has 0 unspecified atom stereocenters. The van der Waals surface area contributed by atoms with Gasteiger partial charge < -0.3 is 62.5 Å². The lowest BCUT2D eigenvalue weighted by atomic mass is 9.76. The average molecular weight is 1080 g/mol. The Balaban J connectivity index is 2.63. The first kappa shape index (κ1) is 63.0. The molecule has 0 aliphatic carbocycles. The van der Waals surface area contributed by atoms with Crippen molar-refractivity contribution in [3.8, 4) is 0 Å². The number of imide groups is 1. The van der Waals surface area contributed by atoms with Crippen LogP contribution in [0, 0.1) is 0 Å². The van der Waals surface area contributed by atoms with Gasteiger partial charge in [0.25, 0.3) is 0 Å². The van der Waals surface area contributed by atoms with Gasteiger partial charge >= 0.3 is 35.8 Å². The van der Waals surface area contributed by atoms with E-state index in [1.54, 1.807) is 30.3 Å². The van der Waals surface area contributed by atoms with E-state index in [9.17, 15) is 48.3 Å². The number of methoxy groups -OCH3 is 1. The Morgan fingerprint density at radius 3 is 1.84 bits per heavy atom. The minimum absolute atomic E-state index is 0.217. The number of hydrogen-bond acceptors (Lipinski definition) is 22. The second-order valence-corrected chi connectivity index (χ2v) is 18.4. The van der Waals surface area contributed by atoms with Gasteiger partial charge in [-0.3, -0.25) is 38.5 Å². The van der Waals surface area contributed by atoms with Gasteiger partial charge in [-0.25, -0.2) is 9.59 Å². The Morgan fingerprint density at radius 2 is 1.32 bits per heavy atom. The topological polar surface area (TPSA) is 291 Å². The third-order valence-electron chi connectivity index (χ3n) is 11.4. The van der Waals surface area contributed by atoms with Crippen molar-refractivity contribution >= 4 is 65.3 Å². The van der Waals surface area contributed by atoms with Crippen molar-refractivity contribution in [3.63, 3.8) is 0 Å². The summed E-state index contributed by atoms with van der Waals surface area (Å²) >= 11 is 0.878. The van der Waals surface area contributed by atoms with E-state index in [0.717, 1.165) is 72.2 Å². The number of thioether (sulfide) groups is 1. The second-order valence-electron chi connectivity index (χ2n) is 17.1. The minimum Gasteiger partial charge on any atom is -0.467 e. The number of nitrogens with one attached hydrogen (secondary N) is 1. The Kier molecular flexibility index (Phi) is 25.0. The Morgan fingerprint density at radius 1 is 0.720 bits per heavy atom. The molecule has 414 valence electrons. The van der Waals surface area contributed by atoms with Crippen LogP contribution in [-0.2, 0) is 95.3 Å². The van der Waals surface area contributed by atoms with Crippen molar-refractivity contribution in [1.29, 1.82) is 0 Å². The molecule has 3 amide bonds. The van der Waals surface area contributed by atoms with Crippen molar-refractivity contribution in [2.75, 3.05) is 40.1 Å². The van der Waals surface area contributed by atoms with Crippen LogP contribution >= 0.6 is 11.8 Å². The molecule has 3 rings (SSSR count). The van der Waals surface area contributed by atoms with Crippen LogP contribution in [0.25, 0.3) is 0 Å². The van der Waals surface area contributed by atoms with E-state index in [0.29, 0.717) is 4.90 Å². The molecular formula is C51H68N2O21S. The first-order chi connectivity index (χ1) is 35.5. The first-order valence-electron chi connectivity index (χ1n) is 23.5. The number of ether oxygens (including phenoxy) is 11. The van der Waals surface area contributed by atoms with Gasteiger partial charge in [-0.2, -0.15) is 0 Å². The van der Waals surface area contributed by atoms with Gasteiger partial charge in [0.15, 0.2) is 17.8 Å². The zero-order chi connectivity index (χ0) is 56.2. The molecule has 24 heteroatoms. The Bertz CT molecular complexity index is 2210. The second kappa shape index (κ2) is 29.7. The van der Waals surface area contributed by atoms with Crippen LogP contribution in [0.2, 0.25) is 0 Å². The predicted octanol–water partition coefficient (Wildman–Crippen LogP) is 2.39. The van der Waals surface area contributed by atoms with E-state index < -0.39 is 164 Å². The maximum absolute atomic E-state index is 14.9. The number of aliphatic hydroxyl groups excluding tert-OH is 1. The van der Waals surface area contributed by atoms with Crippen LogP contribution in [-0.4, -0.2) is 181 Å². The minimum atomic E-state index is -2.93. The van der Waals surface area contributed by atoms with Gasteiger partial charge in [0.1, 0.15) is 49.8 Å². The summed E-state index contributed by atoms with van der Waals surface area (Å²) in [6, 6.07) is 5.24. The predicted molar refractivity (Wildman–Crippen MR) is 264 cm³/mol. The van der Waals surface area contributed by atoms with E-state index in [4.69, 9.17) is 52.1 Å². The van der Waals surface area contributed by atoms with Gasteiger partial charge in [0.2, 0.25) is 22.7 Å². The van der Waals surface area contributed by atoms with Crippen LogP contribution < -0.4 is 5.32 Å². The lowest BCUT2D eigenvalue weighted by molar-refractivity contribution is -0.284. The molecule has 0 bridgehead atoms. The van der Waals surface area contributed by atoms with Gasteiger partial charge in [-0.15, -0.1) is 19.7 Å². The summed E-state index contributed by atoms with van der Waals surface area (Å²) in [5.41, 5.74) is -2.93. The number of rotatable bonds is 28. The highest BCUT2D eigenvalue weighted by molar-refractivity contribution is 8.01. The molecule has 1 aromatic rings. The highest BCUT2D eigenvalue weighted by Gasteiger charge is 2.66. The zero-order valence-electron chi connectivity index (χ0n) is 43.3. The van der Waals surface area contributed by atoms with Crippen LogP contribution in [0.15, 0.2) is 85.8 Å². The fourth-order valence-electron chi connectivity index (χ4n) is 8.81. The molecule has 75 heavy (non-hydrogen) atoms. The summed E-state index contributed by atoms with van der Waals surface area (Å²) in [7, 11) is 0.913. The molecule has 2 aliphatic heterocycles. The van der Waals surface area contributed by atoms with Crippen LogP contribution in [0.4, 0.5) is 0 Å². The molecule has 0 saturated carbocycles. The summed E-state index contributed by atoms with van der Waals surface area (Å²) in [6.45, 7) is 19.9. The maximum atomic E-state index is 14.9. The number of nitrogens with zero attached hydrogens (tertiary/aromatic N) is 1. The Labute approximate surface area is 439 Å². The third-order valence-corrected chi connectivity index (χ3v) is 12.7. The largest absolute Gasteiger partial charge is 0.467 e. The lowest BCUT2D eigenvalue weighted by Crippen LogP contribution is -2.74. The standard InChI is InChI=1S/C51H68N2O21S/c1-13-22-65-38-27-51(49(63)68-25-16-4,75-36-20-18-17-19-21-36)74-44(41(38)53(30(6)55)31(7)56)45(66-23-14-2)46(67-24-15-3)47(61)50(48(62)64-12)26-37(70-33(9)58)40(52-29(5)54)43(73-50)42(72-35(11)60)39(71-34(10)59)28-69-32(8)57/h13-21,37-47,61H,1-4,22-28H2,5-12H3,(H,52,54)/t37-,38-,39-,40+,41+,42+,43+,44+,45-,46-,47+,50-,51-/m0/s1. The molecular weight excluding hydrogens is 1010 g/mol. The highest BCUT2D eigenvalue weighted by atomic mass is 32.2. The molecule has 23 nitrogen and oxygen atoms in total. The number of benzene rings is 1. The molecule has 2 fully saturated rings. The van der Waals surface area contributed by atoms with Crippen molar-refractivity contribution in [2.24, 2.45) is 0 Å². The fraction of sp³-hybridized carbons (Fsp3) is 0.549. The summed E-state index contributed by atoms with van der Waals surface area (Å²) in [4.78, 5) is 120. The smallest absolute Gasteiger partial charge is 0.349 e. The number of esters is 6. The van der Waals surface area contributed by atoms with Gasteiger partial charge in [0.05, 0.1) is 45.1 Å². The summed E-state index contributed by atoms with van der Waals surface area (Å²) in [6.07, 6.45) is -13.3. The van der Waals surface area contributed by atoms with E-state index >= 15 is 0 Å². The van der Waals surface area contributed by atoms with E-state index in [-0.39, 0.29) is 13.2 Å². The van der Waals surface area contributed by atoms with E-state index in [2.05, 4.69) is 31.6 Å². The van der Waals surface area contributed by atoms with Crippen molar-refractivity contribution in [1.82, 2.24) is 10.2 Å². The number of hydrogen-bond donors (Lipinski definition) is 2. The van der Waals surface area contributed by atoms with E-state index in [1.165, 1.54) is 24.3 Å². The molecule has 2 saturated heterocycles. The van der Waals surface area contributed by atoms with Gasteiger partial charge in [-0.1, -0.05) is 60.8 Å². The van der Waals surface area contributed by atoms with Gasteiger partial charge in [-0.05, 0) is 12.1 Å². The van der Waals surface area contributed by atoms with Gasteiger partial charge in [0, 0.05) is 66.2 Å². The first-order valence-corrected chi connectivity index (χ1v) is 24.3. The third kappa shape index (κ3) is 16.9. The number of carbonyl (C=O) groups excluding carboxylic acids is 9. The maximum Gasteiger partial charge on any atom is 0.349 e. The Hall–Kier alpha value is -6.28. The average Bonchev–Trinajstić information content (AvgIpc) is 3.34. The van der Waals surface area contributed by atoms with Crippen LogP contribution in [0.3, 0.4) is 0 Å². The summed E-state index contributed by atoms with van der Waals surface area (Å²) in [5.74, 6) is -8.78. The number of amides is 3. The van der Waals surface area contributed by atoms with Crippen molar-refractivity contribution < 1.29 is 100 Å². The lowest BCUT2D eigenvalue weighted by Gasteiger charge is -2.54. The molecule has 2 heterocycles. The van der Waals surface area contributed by atoms with Crippen molar-refractivity contribution in [3.05, 3.63) is 81.0 Å². The molecule has 0 spiro atoms. The molecule has 0 aromatic heterocycles. The molecule has 13 atom stereocenters. The van der Waals surface area contributed by atoms with E-state index in [1.807, 2.05) is 0 Å². The van der Waals surface area contributed by atoms with Crippen molar-refractivity contribution in [2.45, 2.75) is 144 Å². The SMILES string of the molecule is C=CCOC(=O)[C@@]1(Sc2ccccc2)C[C@H](OCC=C)[C@@H](N(C(C)=O)C(C)=O)[C@H]([C@H](OCC=C)[C@H](OCC=C)[C@@H](O)[C@]2(C(=O)OC)C[C@H](OC(C)=O)[C@@H](NC(C)=O)[C@H]([C@H](OC(C)=O)[C@H](COC(C)=O)OC(C)=O)O2)O1. The molecule has 2 N–H and O–H groups in total. The number of aliphatic hydroxyl groups is 1. The summed E-state index contributed by atoms with van der Waals surface area (Å²) < 4.78 is 66.1. The summed E-state index contributed by atoms with van der Waals surface area (Å²) in [5, 5.41) is 16.0. The van der Waals surface area contributed by atoms with Crippen LogP contribution in [0.1, 0.15) is 61.3 Å². The molecule has 1 aromatic carbocycles. The normalized spacial score (nSPS) is 25.1. The zero-order valence-corrected chi connectivity index (χ0v) is 44.1. The quantitative estimate of drug-likeness (QED) is 0.0692.